The Kier molecular flexibility index (Phi) is 3.48. The third-order valence-electron chi connectivity index (χ3n) is 4.61. The molecule has 1 saturated carbocycles. The first-order valence-corrected chi connectivity index (χ1v) is 7.49. The second-order valence-electron chi connectivity index (χ2n) is 6.49. The molecule has 2 aliphatic rings. The molecule has 1 saturated heterocycles. The topological polar surface area (TPSA) is 34.1 Å². The lowest BCUT2D eigenvalue weighted by atomic mass is 9.84. The van der Waals surface area contributed by atoms with Crippen molar-refractivity contribution in [3.8, 4) is 5.75 Å². The van der Waals surface area contributed by atoms with Gasteiger partial charge in [0.1, 0.15) is 5.75 Å². The maximum atomic E-state index is 5.76. The van der Waals surface area contributed by atoms with E-state index in [1.165, 1.54) is 44.3 Å². The fourth-order valence-electron chi connectivity index (χ4n) is 3.67. The molecule has 1 aromatic rings. The van der Waals surface area contributed by atoms with E-state index in [1.54, 1.807) is 0 Å². The van der Waals surface area contributed by atoms with Gasteiger partial charge in [0.15, 0.2) is 0 Å². The molecule has 2 heterocycles. The molecule has 3 rings (SSSR count). The average Bonchev–Trinajstić information content (AvgIpc) is 3.00. The average molecular weight is 260 g/mol. The quantitative estimate of drug-likeness (QED) is 0.906. The van der Waals surface area contributed by atoms with Crippen molar-refractivity contribution in [1.82, 2.24) is 10.3 Å². The summed E-state index contributed by atoms with van der Waals surface area (Å²) in [6, 6.07) is 2.19. The van der Waals surface area contributed by atoms with Gasteiger partial charge in [-0.05, 0) is 69.0 Å². The number of nitrogens with zero attached hydrogens (tertiary/aromatic N) is 1. The first-order chi connectivity index (χ1) is 9.17. The second kappa shape index (κ2) is 5.12. The molecule has 3 nitrogen and oxygen atoms in total. The number of hydrogen-bond acceptors (Lipinski definition) is 3. The molecule has 2 unspecified atom stereocenters. The molecule has 0 bridgehead atoms. The van der Waals surface area contributed by atoms with Crippen LogP contribution in [0.4, 0.5) is 0 Å². The molecular weight excluding hydrogens is 236 g/mol. The van der Waals surface area contributed by atoms with Crippen LogP contribution in [0, 0.1) is 5.41 Å². The minimum absolute atomic E-state index is 0.214. The van der Waals surface area contributed by atoms with E-state index in [2.05, 4.69) is 30.2 Å². The lowest BCUT2D eigenvalue weighted by molar-refractivity contribution is 0.241. The fourth-order valence-corrected chi connectivity index (χ4v) is 3.67. The third-order valence-corrected chi connectivity index (χ3v) is 4.61. The van der Waals surface area contributed by atoms with Crippen LogP contribution in [0.5, 0.6) is 5.75 Å². The summed E-state index contributed by atoms with van der Waals surface area (Å²) in [7, 11) is 0. The lowest BCUT2D eigenvalue weighted by Crippen LogP contribution is -2.20. The van der Waals surface area contributed by atoms with Crippen LogP contribution in [0.15, 0.2) is 18.5 Å². The van der Waals surface area contributed by atoms with Gasteiger partial charge in [-0.1, -0.05) is 0 Å². The molecule has 2 fully saturated rings. The molecule has 1 aliphatic heterocycles. The van der Waals surface area contributed by atoms with E-state index in [1.807, 2.05) is 12.4 Å². The van der Waals surface area contributed by atoms with Gasteiger partial charge in [-0.2, -0.15) is 0 Å². The molecule has 3 heteroatoms. The van der Waals surface area contributed by atoms with E-state index in [-0.39, 0.29) is 6.10 Å². The van der Waals surface area contributed by atoms with Crippen LogP contribution >= 0.6 is 0 Å². The normalized spacial score (nSPS) is 30.4. The van der Waals surface area contributed by atoms with Crippen molar-refractivity contribution in [2.45, 2.75) is 51.6 Å². The minimum atomic E-state index is 0.214. The summed E-state index contributed by atoms with van der Waals surface area (Å²) in [6.07, 6.45) is 9.39. The molecule has 19 heavy (non-hydrogen) atoms. The molecule has 0 radical (unpaired) electrons. The molecule has 1 N–H and O–H groups in total. The first-order valence-electron chi connectivity index (χ1n) is 7.49. The van der Waals surface area contributed by atoms with E-state index in [4.69, 9.17) is 4.74 Å². The molecule has 1 aliphatic carbocycles. The Morgan fingerprint density at radius 2 is 2.26 bits per heavy atom. The predicted octanol–water partition coefficient (Wildman–Crippen LogP) is 3.12. The third kappa shape index (κ3) is 2.76. The van der Waals surface area contributed by atoms with E-state index in [0.29, 0.717) is 11.3 Å². The Hall–Kier alpha value is -1.09. The van der Waals surface area contributed by atoms with Gasteiger partial charge >= 0.3 is 0 Å². The van der Waals surface area contributed by atoms with Gasteiger partial charge in [0.05, 0.1) is 12.3 Å². The van der Waals surface area contributed by atoms with Crippen molar-refractivity contribution in [2.24, 2.45) is 5.41 Å². The van der Waals surface area contributed by atoms with Crippen LogP contribution < -0.4 is 10.1 Å². The highest BCUT2D eigenvalue weighted by atomic mass is 16.5. The van der Waals surface area contributed by atoms with Crippen LogP contribution in [0.1, 0.15) is 51.0 Å². The predicted molar refractivity (Wildman–Crippen MR) is 76.5 cm³/mol. The zero-order valence-electron chi connectivity index (χ0n) is 12.0. The monoisotopic (exact) mass is 260 g/mol. The first kappa shape index (κ1) is 12.9. The smallest absolute Gasteiger partial charge is 0.138 e. The molecule has 1 spiro atoms. The van der Waals surface area contributed by atoms with Crippen molar-refractivity contribution in [1.29, 1.82) is 0 Å². The fraction of sp³-hybridized carbons (Fsp3) is 0.688. The van der Waals surface area contributed by atoms with E-state index in [0.717, 1.165) is 5.75 Å². The van der Waals surface area contributed by atoms with Gasteiger partial charge in [0.25, 0.3) is 0 Å². The summed E-state index contributed by atoms with van der Waals surface area (Å²) in [6.45, 7) is 6.52. The summed E-state index contributed by atoms with van der Waals surface area (Å²) in [4.78, 5) is 4.36. The number of ether oxygens (including phenoxy) is 1. The minimum Gasteiger partial charge on any atom is -0.489 e. The standard InChI is InChI=1S/C16H24N2O/c1-12(2)19-15-7-14(9-18-10-15)13-3-4-16(8-13)5-6-17-11-16/h7,9-10,12-13,17H,3-6,8,11H2,1-2H3. The molecule has 0 aromatic carbocycles. The Balaban J connectivity index is 1.72. The van der Waals surface area contributed by atoms with Crippen molar-refractivity contribution >= 4 is 0 Å². The zero-order valence-corrected chi connectivity index (χ0v) is 12.0. The van der Waals surface area contributed by atoms with Gasteiger partial charge < -0.3 is 10.1 Å². The largest absolute Gasteiger partial charge is 0.489 e. The number of pyridine rings is 1. The number of aromatic nitrogens is 1. The number of nitrogens with one attached hydrogen (secondary N) is 1. The van der Waals surface area contributed by atoms with Crippen molar-refractivity contribution in [3.63, 3.8) is 0 Å². The van der Waals surface area contributed by atoms with E-state index in [9.17, 15) is 0 Å². The van der Waals surface area contributed by atoms with Crippen LogP contribution in [0.3, 0.4) is 0 Å². The van der Waals surface area contributed by atoms with E-state index >= 15 is 0 Å². The highest BCUT2D eigenvalue weighted by molar-refractivity contribution is 5.28. The van der Waals surface area contributed by atoms with Crippen molar-refractivity contribution in [3.05, 3.63) is 24.0 Å². The molecule has 104 valence electrons. The van der Waals surface area contributed by atoms with Crippen molar-refractivity contribution in [2.75, 3.05) is 13.1 Å². The van der Waals surface area contributed by atoms with Crippen molar-refractivity contribution < 1.29 is 4.74 Å². The maximum absolute atomic E-state index is 5.76. The maximum Gasteiger partial charge on any atom is 0.138 e. The summed E-state index contributed by atoms with van der Waals surface area (Å²) in [5, 5.41) is 3.52. The summed E-state index contributed by atoms with van der Waals surface area (Å²) in [5.41, 5.74) is 1.93. The van der Waals surface area contributed by atoms with Crippen LogP contribution in [-0.4, -0.2) is 24.2 Å². The molecule has 1 aromatic heterocycles. The van der Waals surface area contributed by atoms with Gasteiger partial charge in [-0.3, -0.25) is 4.98 Å². The van der Waals surface area contributed by atoms with Crippen LogP contribution in [0.25, 0.3) is 0 Å². The Labute approximate surface area is 115 Å². The summed E-state index contributed by atoms with van der Waals surface area (Å²) < 4.78 is 5.76. The lowest BCUT2D eigenvalue weighted by Gasteiger charge is -2.22. The zero-order chi connectivity index (χ0) is 13.3. The Bertz CT molecular complexity index is 438. The SMILES string of the molecule is CC(C)Oc1cncc(C2CCC3(CCNC3)C2)c1. The highest BCUT2D eigenvalue weighted by Gasteiger charge is 2.41. The highest BCUT2D eigenvalue weighted by Crippen LogP contribution is 2.49. The molecular formula is C16H24N2O. The molecule has 2 atom stereocenters. The second-order valence-corrected chi connectivity index (χ2v) is 6.49. The summed E-state index contributed by atoms with van der Waals surface area (Å²) >= 11 is 0. The summed E-state index contributed by atoms with van der Waals surface area (Å²) in [5.74, 6) is 1.58. The molecule has 0 amide bonds. The van der Waals surface area contributed by atoms with Gasteiger partial charge in [0, 0.05) is 12.7 Å². The van der Waals surface area contributed by atoms with Gasteiger partial charge in [0.2, 0.25) is 0 Å². The van der Waals surface area contributed by atoms with Gasteiger partial charge in [-0.15, -0.1) is 0 Å². The number of rotatable bonds is 3. The van der Waals surface area contributed by atoms with E-state index < -0.39 is 0 Å². The van der Waals surface area contributed by atoms with Crippen LogP contribution in [0.2, 0.25) is 0 Å². The van der Waals surface area contributed by atoms with Crippen LogP contribution in [-0.2, 0) is 0 Å². The Morgan fingerprint density at radius 3 is 3.00 bits per heavy atom. The number of hydrogen-bond donors (Lipinski definition) is 1. The van der Waals surface area contributed by atoms with Gasteiger partial charge in [-0.25, -0.2) is 0 Å². The Morgan fingerprint density at radius 1 is 1.37 bits per heavy atom.